The summed E-state index contributed by atoms with van der Waals surface area (Å²) in [7, 11) is -15.7. The van der Waals surface area contributed by atoms with Crippen LogP contribution in [-0.2, 0) is 158 Å². The van der Waals surface area contributed by atoms with Crippen LogP contribution in [0.4, 0.5) is 4.79 Å². The molecule has 6 heterocycles. The number of ether oxygens (including phenoxy) is 17. The number of unbranched alkanes of at least 4 members (excludes halogenated alkanes) is 2. The highest BCUT2D eigenvalue weighted by Crippen LogP contribution is 2.44. The summed E-state index contributed by atoms with van der Waals surface area (Å²) < 4.78 is 227. The van der Waals surface area contributed by atoms with Crippen molar-refractivity contribution < 1.29 is 151 Å². The maximum Gasteiger partial charge on any atom is 0.410 e. The van der Waals surface area contributed by atoms with Crippen LogP contribution >= 0.6 is 0 Å². The standard InChI is InChI=1S/C75H106N10O33S3/c1-39-40(2)64(108-48(10)86)72(105-45(39)7)115-62-43(5)59(81-84-78)71(113-55(62)37-103-120(93,94)95)118-66-47(9)107-74(68(110-50(12)88)67(66)100-34-52-27-19-14-20-28-52)117-63-42(4)58(80-83-77)70(112-56(63)38-104-121(96,97)98)114-60-44(6)65(109-49(11)87)73(106-46(60)8)116-61-41(3)57(79-82-76)69(111-54(61)36-102-119(90,91)92)99-32-24-16-23-31-85(33-51-25-17-13-18-26-51)75(89)101-35-53-29-21-15-22-30-53/h13-15,17-22,25-30,39-47,54-74H,16,23-24,31-38H2,1-12H3,(H,90,91,92)(H,93,94,95)(H,96,97,98)/t39-,40?,41?,42?,43?,44?,45-,46-,47?,54-,55-,56?,57?,58-,59?,60-,61-,62-,63-,64?,65?,66+,67+,68?,69-,70+,71+,72-,73-,74-/m0/s1. The molecule has 0 saturated carbocycles. The molecule has 1 amide bonds. The monoisotopic (exact) mass is 1770 g/mol. The Morgan fingerprint density at radius 1 is 0.397 bits per heavy atom. The number of azide groups is 3. The van der Waals surface area contributed by atoms with Crippen molar-refractivity contribution in [3.05, 3.63) is 139 Å². The lowest BCUT2D eigenvalue weighted by molar-refractivity contribution is -0.374. The number of nitrogens with zero attached hydrogens (tertiary/aromatic N) is 10. The maximum absolute atomic E-state index is 13.5. The second kappa shape index (κ2) is 44.8. The molecule has 3 N–H and O–H groups in total. The van der Waals surface area contributed by atoms with Crippen molar-refractivity contribution in [1.82, 2.24) is 4.90 Å². The van der Waals surface area contributed by atoms with Gasteiger partial charge in [-0.05, 0) is 97.0 Å². The van der Waals surface area contributed by atoms with Gasteiger partial charge in [0.2, 0.25) is 0 Å². The molecule has 672 valence electrons. The van der Waals surface area contributed by atoms with Crippen LogP contribution in [0.25, 0.3) is 31.3 Å². The minimum atomic E-state index is -5.33. The van der Waals surface area contributed by atoms with E-state index < -0.39 is 246 Å². The number of hydrogen-bond donors (Lipinski definition) is 3. The van der Waals surface area contributed by atoms with Crippen LogP contribution in [0, 0.1) is 35.5 Å². The number of rotatable bonds is 39. The van der Waals surface area contributed by atoms with Crippen molar-refractivity contribution in [1.29, 1.82) is 0 Å². The fourth-order valence-electron chi connectivity index (χ4n) is 15.6. The Hall–Kier alpha value is -7.64. The number of carbonyl (C=O) groups excluding carboxylic acids is 4. The number of amides is 1. The topological polar surface area (TPSA) is 566 Å². The largest absolute Gasteiger partial charge is 0.457 e. The molecule has 12 unspecified atom stereocenters. The molecule has 0 spiro atoms. The van der Waals surface area contributed by atoms with E-state index in [9.17, 15) is 74.7 Å². The van der Waals surface area contributed by atoms with Crippen LogP contribution in [0.15, 0.2) is 106 Å². The first kappa shape index (κ1) is 97.2. The molecule has 0 aliphatic carbocycles. The van der Waals surface area contributed by atoms with Gasteiger partial charge in [0.15, 0.2) is 56.1 Å². The molecule has 43 nitrogen and oxygen atoms in total. The molecule has 6 aliphatic rings. The second-order valence-electron chi connectivity index (χ2n) is 30.5. The van der Waals surface area contributed by atoms with Crippen molar-refractivity contribution >= 4 is 55.2 Å². The van der Waals surface area contributed by atoms with Gasteiger partial charge in [-0.15, -0.1) is 0 Å². The van der Waals surface area contributed by atoms with Crippen LogP contribution < -0.4 is 0 Å². The van der Waals surface area contributed by atoms with E-state index in [0.29, 0.717) is 31.4 Å². The molecular weight excluding hydrogens is 1670 g/mol. The Morgan fingerprint density at radius 3 is 1.21 bits per heavy atom. The molecule has 3 aromatic carbocycles. The first-order valence-electron chi connectivity index (χ1n) is 39.3. The Morgan fingerprint density at radius 2 is 0.769 bits per heavy atom. The predicted molar refractivity (Wildman–Crippen MR) is 415 cm³/mol. The molecule has 0 bridgehead atoms. The van der Waals surface area contributed by atoms with Gasteiger partial charge in [-0.1, -0.05) is 148 Å². The van der Waals surface area contributed by atoms with Gasteiger partial charge in [-0.25, -0.2) is 17.3 Å². The van der Waals surface area contributed by atoms with Crippen molar-refractivity contribution in [3.63, 3.8) is 0 Å². The van der Waals surface area contributed by atoms with Gasteiger partial charge in [-0.3, -0.25) is 28.0 Å². The summed E-state index contributed by atoms with van der Waals surface area (Å²) >= 11 is 0. The molecule has 3 aromatic rings. The first-order chi connectivity index (χ1) is 57.3. The summed E-state index contributed by atoms with van der Waals surface area (Å²) in [5.41, 5.74) is 32.7. The lowest BCUT2D eigenvalue weighted by Gasteiger charge is -2.51. The summed E-state index contributed by atoms with van der Waals surface area (Å²) in [6.07, 6.45) is -29.4. The summed E-state index contributed by atoms with van der Waals surface area (Å²) in [5.74, 6) is -7.35. The number of esters is 3. The average molecular weight is 1770 g/mol. The van der Waals surface area contributed by atoms with Crippen LogP contribution in [0.3, 0.4) is 0 Å². The van der Waals surface area contributed by atoms with Crippen molar-refractivity contribution in [3.8, 4) is 0 Å². The Balaban J connectivity index is 0.941. The normalized spacial score (nSPS) is 34.6. The third kappa shape index (κ3) is 27.7. The van der Waals surface area contributed by atoms with Gasteiger partial charge in [0, 0.05) is 67.0 Å². The van der Waals surface area contributed by atoms with Gasteiger partial charge >= 0.3 is 55.2 Å². The molecular formula is C75H106N10O33S3. The summed E-state index contributed by atoms with van der Waals surface area (Å²) in [4.78, 5) is 63.5. The van der Waals surface area contributed by atoms with E-state index >= 15 is 0 Å². The minimum absolute atomic E-state index is 0.00786. The zero-order valence-corrected chi connectivity index (χ0v) is 71.0. The number of hydrogen-bond acceptors (Lipinski definition) is 33. The third-order valence-electron chi connectivity index (χ3n) is 22.0. The van der Waals surface area contributed by atoms with Gasteiger partial charge in [0.05, 0.1) is 87.3 Å². The molecule has 9 rings (SSSR count). The van der Waals surface area contributed by atoms with Crippen molar-refractivity contribution in [2.45, 2.75) is 270 Å². The SMILES string of the molecule is CC(=O)OC1C(C)[C@H](C)[C@H](C)O[C@H]1O[C@H]1C(C)C(N=[N+]=[N-])[C@@H](O[C@@H]2C(C)O[C@@H](O[C@@H]3C(COS(=O)(=O)O)O[C@H](O[C@H]4C(C)C(OC(C)=O)[C@H](O[C@H]5C(C)C(N=[N+]=[N-])[C@@H](OCCCCCN(Cc6ccccc6)C(=O)OCc6ccccc6)O[C@H]5COS(=O)(=O)O)O[C@H]4C)[C@@H](N=[N+]=[N-])C3C)C(OC(C)=O)[C@@H]2OCc2ccccc2)O[C@H]1COS(=O)(=O)O. The lowest BCUT2D eigenvalue weighted by Crippen LogP contribution is -2.66. The van der Waals surface area contributed by atoms with E-state index in [4.69, 9.17) is 93.1 Å². The molecule has 6 saturated heterocycles. The minimum Gasteiger partial charge on any atom is -0.457 e. The Kier molecular flexibility index (Phi) is 36.0. The maximum atomic E-state index is 13.5. The van der Waals surface area contributed by atoms with Crippen LogP contribution in [0.5, 0.6) is 0 Å². The molecule has 0 aromatic heterocycles. The smallest absolute Gasteiger partial charge is 0.410 e. The average Bonchev–Trinajstić information content (AvgIpc) is 0.761. The zero-order valence-electron chi connectivity index (χ0n) is 68.5. The summed E-state index contributed by atoms with van der Waals surface area (Å²) in [6, 6.07) is 23.0. The fourth-order valence-corrected chi connectivity index (χ4v) is 16.5. The number of carbonyl (C=O) groups is 4. The highest BCUT2D eigenvalue weighted by Gasteiger charge is 2.58. The highest BCUT2D eigenvalue weighted by molar-refractivity contribution is 7.81. The molecule has 6 fully saturated rings. The van der Waals surface area contributed by atoms with Crippen LogP contribution in [0.1, 0.15) is 119 Å². The van der Waals surface area contributed by atoms with E-state index in [1.54, 1.807) is 62.9 Å². The molecule has 6 aliphatic heterocycles. The van der Waals surface area contributed by atoms with Gasteiger partial charge < -0.3 is 85.4 Å². The van der Waals surface area contributed by atoms with Gasteiger partial charge in [-0.2, -0.15) is 25.3 Å². The first-order valence-corrected chi connectivity index (χ1v) is 43.4. The van der Waals surface area contributed by atoms with Crippen LogP contribution in [0.2, 0.25) is 0 Å². The van der Waals surface area contributed by atoms with E-state index in [1.165, 1.54) is 27.7 Å². The Labute approximate surface area is 700 Å². The molecule has 121 heavy (non-hydrogen) atoms. The summed E-state index contributed by atoms with van der Waals surface area (Å²) in [5, 5.41) is 12.1. The van der Waals surface area contributed by atoms with Crippen LogP contribution in [-0.4, -0.2) is 248 Å². The molecule has 46 heteroatoms. The van der Waals surface area contributed by atoms with E-state index in [1.807, 2.05) is 74.5 Å². The number of benzene rings is 3. The molecule has 30 atom stereocenters. The van der Waals surface area contributed by atoms with Crippen molar-refractivity contribution in [2.24, 2.45) is 50.9 Å². The predicted octanol–water partition coefficient (Wildman–Crippen LogP) is 9.04. The van der Waals surface area contributed by atoms with E-state index in [0.717, 1.165) is 25.0 Å². The third-order valence-corrected chi connectivity index (χ3v) is 23.3. The quantitative estimate of drug-likeness (QED) is 0.00911. The van der Waals surface area contributed by atoms with Crippen molar-refractivity contribution in [2.75, 3.05) is 33.0 Å². The van der Waals surface area contributed by atoms with Gasteiger partial charge in [0.25, 0.3) is 0 Å². The lowest BCUT2D eigenvalue weighted by atomic mass is 9.83. The Bertz CT molecular complexity index is 4380. The fraction of sp³-hybridized carbons (Fsp3) is 0.707. The van der Waals surface area contributed by atoms with E-state index in [-0.39, 0.29) is 38.2 Å². The van der Waals surface area contributed by atoms with E-state index in [2.05, 4.69) is 30.1 Å². The summed E-state index contributed by atoms with van der Waals surface area (Å²) in [6.45, 7) is 15.3. The zero-order chi connectivity index (χ0) is 88.2. The molecule has 0 radical (unpaired) electrons. The second-order valence-corrected chi connectivity index (χ2v) is 33.8. The van der Waals surface area contributed by atoms with Gasteiger partial charge in [0.1, 0.15) is 37.1 Å². The highest BCUT2D eigenvalue weighted by atomic mass is 32.3.